The molecule has 6 nitrogen and oxygen atoms in total. The molecule has 1 aliphatic heterocycles. The minimum absolute atomic E-state index is 0.0581. The normalized spacial score (nSPS) is 15.2. The van der Waals surface area contributed by atoms with Crippen molar-refractivity contribution in [2.24, 2.45) is 0 Å². The SMILES string of the molecule is Cc1c(C(C)NC(=O)CN2CCCC2=O)cnn1-c1cccc2ccccc12. The van der Waals surface area contributed by atoms with Crippen molar-refractivity contribution in [3.8, 4) is 5.69 Å². The van der Waals surface area contributed by atoms with Gasteiger partial charge in [-0.15, -0.1) is 0 Å². The predicted octanol–water partition coefficient (Wildman–Crippen LogP) is 3.13. The molecule has 2 heterocycles. The first kappa shape index (κ1) is 18.2. The van der Waals surface area contributed by atoms with Crippen LogP contribution in [0.1, 0.15) is 37.1 Å². The van der Waals surface area contributed by atoms with Gasteiger partial charge < -0.3 is 10.2 Å². The van der Waals surface area contributed by atoms with Gasteiger partial charge >= 0.3 is 0 Å². The highest BCUT2D eigenvalue weighted by molar-refractivity contribution is 5.90. The molecular formula is C22H24N4O2. The summed E-state index contributed by atoms with van der Waals surface area (Å²) < 4.78 is 1.92. The molecule has 3 aromatic rings. The van der Waals surface area contributed by atoms with Crippen molar-refractivity contribution < 1.29 is 9.59 Å². The molecule has 1 saturated heterocycles. The number of hydrogen-bond acceptors (Lipinski definition) is 3. The molecule has 0 radical (unpaired) electrons. The quantitative estimate of drug-likeness (QED) is 0.744. The molecule has 28 heavy (non-hydrogen) atoms. The van der Waals surface area contributed by atoms with Gasteiger partial charge in [0, 0.05) is 29.6 Å². The molecule has 0 bridgehead atoms. The first-order valence-corrected chi connectivity index (χ1v) is 9.64. The summed E-state index contributed by atoms with van der Waals surface area (Å²) in [6.07, 6.45) is 3.18. The van der Waals surface area contributed by atoms with Gasteiger partial charge in [-0.3, -0.25) is 9.59 Å². The zero-order valence-electron chi connectivity index (χ0n) is 16.2. The summed E-state index contributed by atoms with van der Waals surface area (Å²) in [5, 5.41) is 9.87. The lowest BCUT2D eigenvalue weighted by Crippen LogP contribution is -2.38. The highest BCUT2D eigenvalue weighted by Crippen LogP contribution is 2.25. The topological polar surface area (TPSA) is 67.2 Å². The van der Waals surface area contributed by atoms with Crippen LogP contribution in [0.15, 0.2) is 48.7 Å². The Morgan fingerprint density at radius 3 is 2.79 bits per heavy atom. The van der Waals surface area contributed by atoms with Gasteiger partial charge in [0.2, 0.25) is 11.8 Å². The smallest absolute Gasteiger partial charge is 0.240 e. The maximum atomic E-state index is 12.4. The minimum atomic E-state index is -0.186. The third-order valence-electron chi connectivity index (χ3n) is 5.39. The molecule has 0 aliphatic carbocycles. The third-order valence-corrected chi connectivity index (χ3v) is 5.39. The van der Waals surface area contributed by atoms with E-state index in [-0.39, 0.29) is 24.4 Å². The second-order valence-corrected chi connectivity index (χ2v) is 7.30. The number of nitrogens with one attached hydrogen (secondary N) is 1. The van der Waals surface area contributed by atoms with Crippen molar-refractivity contribution in [1.82, 2.24) is 20.0 Å². The zero-order valence-corrected chi connectivity index (χ0v) is 16.2. The van der Waals surface area contributed by atoms with Crippen LogP contribution in [0.3, 0.4) is 0 Å². The molecular weight excluding hydrogens is 352 g/mol. The molecule has 4 rings (SSSR count). The lowest BCUT2D eigenvalue weighted by Gasteiger charge is -2.18. The van der Waals surface area contributed by atoms with Gasteiger partial charge in [0.05, 0.1) is 24.5 Å². The number of aromatic nitrogens is 2. The molecule has 144 valence electrons. The van der Waals surface area contributed by atoms with E-state index in [0.717, 1.165) is 34.1 Å². The molecule has 1 fully saturated rings. The number of hydrogen-bond donors (Lipinski definition) is 1. The van der Waals surface area contributed by atoms with Gasteiger partial charge in [0.15, 0.2) is 0 Å². The molecule has 1 aliphatic rings. The van der Waals surface area contributed by atoms with E-state index in [4.69, 9.17) is 0 Å². The van der Waals surface area contributed by atoms with Gasteiger partial charge in [-0.25, -0.2) is 4.68 Å². The van der Waals surface area contributed by atoms with Crippen LogP contribution >= 0.6 is 0 Å². The van der Waals surface area contributed by atoms with Crippen molar-refractivity contribution in [1.29, 1.82) is 0 Å². The third kappa shape index (κ3) is 3.38. The first-order chi connectivity index (χ1) is 13.5. The monoisotopic (exact) mass is 376 g/mol. The Hall–Kier alpha value is -3.15. The molecule has 0 spiro atoms. The fraction of sp³-hybridized carbons (Fsp3) is 0.318. The van der Waals surface area contributed by atoms with Gasteiger partial charge in [0.1, 0.15) is 0 Å². The van der Waals surface area contributed by atoms with Crippen LogP contribution in [-0.2, 0) is 9.59 Å². The van der Waals surface area contributed by atoms with E-state index >= 15 is 0 Å². The highest BCUT2D eigenvalue weighted by atomic mass is 16.2. The Bertz CT molecular complexity index is 1030. The molecule has 2 aromatic carbocycles. The number of carbonyl (C=O) groups excluding carboxylic acids is 2. The molecule has 2 amide bonds. The minimum Gasteiger partial charge on any atom is -0.348 e. The fourth-order valence-electron chi connectivity index (χ4n) is 3.89. The Kier molecular flexibility index (Phi) is 4.86. The number of rotatable bonds is 5. The molecule has 6 heteroatoms. The summed E-state index contributed by atoms with van der Waals surface area (Å²) in [6, 6.07) is 14.2. The summed E-state index contributed by atoms with van der Waals surface area (Å²) in [7, 11) is 0. The van der Waals surface area contributed by atoms with Crippen molar-refractivity contribution >= 4 is 22.6 Å². The van der Waals surface area contributed by atoms with E-state index in [2.05, 4.69) is 28.6 Å². The average molecular weight is 376 g/mol. The van der Waals surface area contributed by atoms with Crippen molar-refractivity contribution in [2.45, 2.75) is 32.7 Å². The molecule has 1 unspecified atom stereocenters. The second-order valence-electron chi connectivity index (χ2n) is 7.30. The molecule has 1 N–H and O–H groups in total. The first-order valence-electron chi connectivity index (χ1n) is 9.64. The highest BCUT2D eigenvalue weighted by Gasteiger charge is 2.24. The summed E-state index contributed by atoms with van der Waals surface area (Å²) >= 11 is 0. The molecule has 1 atom stereocenters. The molecule has 0 saturated carbocycles. The number of amides is 2. The van der Waals surface area contributed by atoms with Gasteiger partial charge in [-0.1, -0.05) is 36.4 Å². The van der Waals surface area contributed by atoms with Crippen molar-refractivity contribution in [2.75, 3.05) is 13.1 Å². The van der Waals surface area contributed by atoms with Gasteiger partial charge in [-0.05, 0) is 31.7 Å². The number of likely N-dealkylation sites (tertiary alicyclic amines) is 1. The van der Waals surface area contributed by atoms with Crippen molar-refractivity contribution in [3.05, 3.63) is 59.9 Å². The van der Waals surface area contributed by atoms with Crippen LogP contribution < -0.4 is 5.32 Å². The molecule has 1 aromatic heterocycles. The number of fused-ring (bicyclic) bond motifs is 1. The number of nitrogens with zero attached hydrogens (tertiary/aromatic N) is 3. The summed E-state index contributed by atoms with van der Waals surface area (Å²) in [5.41, 5.74) is 2.97. The van der Waals surface area contributed by atoms with Crippen LogP contribution in [0.4, 0.5) is 0 Å². The summed E-state index contributed by atoms with van der Waals surface area (Å²) in [4.78, 5) is 25.7. The van der Waals surface area contributed by atoms with Crippen LogP contribution in [0.2, 0.25) is 0 Å². The Labute approximate surface area is 164 Å². The standard InChI is InChI=1S/C22H24N4O2/c1-15(24-21(27)14-25-12-6-11-22(25)28)19-13-23-26(16(19)2)20-10-5-8-17-7-3-4-9-18(17)20/h3-5,7-10,13,15H,6,11-12,14H2,1-2H3,(H,24,27). The lowest BCUT2D eigenvalue weighted by molar-refractivity contribution is -0.133. The maximum absolute atomic E-state index is 12.4. The second kappa shape index (κ2) is 7.46. The van der Waals surface area contributed by atoms with E-state index in [1.807, 2.05) is 49.0 Å². The number of benzene rings is 2. The predicted molar refractivity (Wildman–Crippen MR) is 108 cm³/mol. The lowest BCUT2D eigenvalue weighted by atomic mass is 10.1. The van der Waals surface area contributed by atoms with Crippen LogP contribution in [0.25, 0.3) is 16.5 Å². The summed E-state index contributed by atoms with van der Waals surface area (Å²) in [6.45, 7) is 4.75. The van der Waals surface area contributed by atoms with E-state index in [1.54, 1.807) is 4.90 Å². The average Bonchev–Trinajstić information content (AvgIpc) is 3.27. The maximum Gasteiger partial charge on any atom is 0.240 e. The Morgan fingerprint density at radius 2 is 2.00 bits per heavy atom. The van der Waals surface area contributed by atoms with E-state index in [9.17, 15) is 9.59 Å². The van der Waals surface area contributed by atoms with Crippen LogP contribution in [-0.4, -0.2) is 39.6 Å². The number of carbonyl (C=O) groups is 2. The fourth-order valence-corrected chi connectivity index (χ4v) is 3.89. The van der Waals surface area contributed by atoms with Crippen molar-refractivity contribution in [3.63, 3.8) is 0 Å². The van der Waals surface area contributed by atoms with Gasteiger partial charge in [0.25, 0.3) is 0 Å². The van der Waals surface area contributed by atoms with Gasteiger partial charge in [-0.2, -0.15) is 5.10 Å². The largest absolute Gasteiger partial charge is 0.348 e. The van der Waals surface area contributed by atoms with E-state index in [0.29, 0.717) is 13.0 Å². The Balaban J connectivity index is 1.54. The van der Waals surface area contributed by atoms with Crippen LogP contribution in [0, 0.1) is 6.92 Å². The summed E-state index contributed by atoms with van der Waals surface area (Å²) in [5.74, 6) is -0.0807. The Morgan fingerprint density at radius 1 is 1.21 bits per heavy atom. The van der Waals surface area contributed by atoms with Crippen LogP contribution in [0.5, 0.6) is 0 Å². The zero-order chi connectivity index (χ0) is 19.7. The van der Waals surface area contributed by atoms with E-state index < -0.39 is 0 Å². The van der Waals surface area contributed by atoms with E-state index in [1.165, 1.54) is 0 Å².